The van der Waals surface area contributed by atoms with Gasteiger partial charge in [-0.25, -0.2) is 4.79 Å². The summed E-state index contributed by atoms with van der Waals surface area (Å²) in [5, 5.41) is 0. The molecule has 1 heterocycles. The van der Waals surface area contributed by atoms with Gasteiger partial charge in [0.05, 0.1) is 22.8 Å². The number of methoxy groups -OCH3 is 1. The van der Waals surface area contributed by atoms with Crippen LogP contribution in [-0.4, -0.2) is 17.6 Å². The van der Waals surface area contributed by atoms with Crippen molar-refractivity contribution in [3.63, 3.8) is 0 Å². The Labute approximate surface area is 127 Å². The van der Waals surface area contributed by atoms with Crippen LogP contribution < -0.4 is 0 Å². The fourth-order valence-corrected chi connectivity index (χ4v) is 3.39. The first-order valence-corrected chi connectivity index (χ1v) is 7.32. The van der Waals surface area contributed by atoms with Gasteiger partial charge in [-0.2, -0.15) is 0 Å². The first kappa shape index (κ1) is 14.9. The minimum absolute atomic E-state index is 0.250. The van der Waals surface area contributed by atoms with Gasteiger partial charge < -0.3 is 9.30 Å². The molecule has 1 aromatic carbocycles. The fraction of sp³-hybridized carbons (Fsp3) is 0.312. The van der Waals surface area contributed by atoms with E-state index in [4.69, 9.17) is 4.74 Å². The van der Waals surface area contributed by atoms with E-state index in [-0.39, 0.29) is 12.0 Å². The Bertz CT molecular complexity index is 630. The summed E-state index contributed by atoms with van der Waals surface area (Å²) in [5.41, 5.74) is 3.60. The minimum Gasteiger partial charge on any atom is -0.465 e. The third kappa shape index (κ3) is 2.40. The summed E-state index contributed by atoms with van der Waals surface area (Å²) in [4.78, 5) is 12.0. The Morgan fingerprint density at radius 3 is 2.35 bits per heavy atom. The van der Waals surface area contributed by atoms with Crippen molar-refractivity contribution in [2.24, 2.45) is 0 Å². The first-order chi connectivity index (χ1) is 9.49. The van der Waals surface area contributed by atoms with E-state index in [1.165, 1.54) is 7.11 Å². The van der Waals surface area contributed by atoms with Crippen molar-refractivity contribution in [2.75, 3.05) is 7.11 Å². The zero-order chi connectivity index (χ0) is 14.9. The number of aromatic nitrogens is 1. The van der Waals surface area contributed by atoms with Crippen LogP contribution in [0.1, 0.15) is 35.9 Å². The molecule has 0 saturated carbocycles. The molecule has 1 aromatic heterocycles. The van der Waals surface area contributed by atoms with Crippen molar-refractivity contribution in [3.05, 3.63) is 46.1 Å². The van der Waals surface area contributed by atoms with E-state index in [1.54, 1.807) is 0 Å². The molecule has 0 aliphatic rings. The smallest absolute Gasteiger partial charge is 0.340 e. The van der Waals surface area contributed by atoms with Gasteiger partial charge >= 0.3 is 5.97 Å². The summed E-state index contributed by atoms with van der Waals surface area (Å²) in [6, 6.07) is 10.3. The lowest BCUT2D eigenvalue weighted by molar-refractivity contribution is 0.0599. The summed E-state index contributed by atoms with van der Waals surface area (Å²) in [6.07, 6.45) is 0. The first-order valence-electron chi connectivity index (χ1n) is 6.53. The van der Waals surface area contributed by atoms with Crippen LogP contribution in [0.2, 0.25) is 0 Å². The van der Waals surface area contributed by atoms with Crippen molar-refractivity contribution in [2.45, 2.75) is 26.8 Å². The standard InChI is InChI=1S/C16H18BrNO2/c1-10(2)18-11(3)13(16(19)20-4)14(17)15(18)12-8-6-5-7-9-12/h5-10H,1-4H3. The molecule has 0 bridgehead atoms. The predicted molar refractivity (Wildman–Crippen MR) is 84.0 cm³/mol. The number of halogens is 1. The second kappa shape index (κ2) is 5.83. The molecule has 2 aromatic rings. The number of hydrogen-bond acceptors (Lipinski definition) is 2. The topological polar surface area (TPSA) is 31.2 Å². The van der Waals surface area contributed by atoms with Crippen LogP contribution in [0.25, 0.3) is 11.3 Å². The molecule has 0 fully saturated rings. The van der Waals surface area contributed by atoms with E-state index in [0.29, 0.717) is 5.56 Å². The third-order valence-corrected chi connectivity index (χ3v) is 4.12. The maximum absolute atomic E-state index is 12.0. The molecular formula is C16H18BrNO2. The molecule has 0 atom stereocenters. The van der Waals surface area contributed by atoms with E-state index in [1.807, 2.05) is 37.3 Å². The van der Waals surface area contributed by atoms with Gasteiger partial charge in [-0.15, -0.1) is 0 Å². The number of ether oxygens (including phenoxy) is 1. The molecule has 0 radical (unpaired) electrons. The highest BCUT2D eigenvalue weighted by Gasteiger charge is 2.25. The molecule has 3 nitrogen and oxygen atoms in total. The zero-order valence-electron chi connectivity index (χ0n) is 12.1. The number of rotatable bonds is 3. The SMILES string of the molecule is COC(=O)c1c(Br)c(-c2ccccc2)n(C(C)C)c1C. The number of esters is 1. The minimum atomic E-state index is -0.314. The van der Waals surface area contributed by atoms with Crippen molar-refractivity contribution >= 4 is 21.9 Å². The summed E-state index contributed by atoms with van der Waals surface area (Å²) >= 11 is 3.58. The second-order valence-electron chi connectivity index (χ2n) is 4.94. The fourth-order valence-electron chi connectivity index (χ4n) is 2.52. The normalized spacial score (nSPS) is 10.9. The van der Waals surface area contributed by atoms with Crippen LogP contribution in [0.3, 0.4) is 0 Å². The highest BCUT2D eigenvalue weighted by molar-refractivity contribution is 9.10. The summed E-state index contributed by atoms with van der Waals surface area (Å²) in [5.74, 6) is -0.314. The average Bonchev–Trinajstić information content (AvgIpc) is 2.70. The number of carbonyl (C=O) groups is 1. The molecule has 4 heteroatoms. The van der Waals surface area contributed by atoms with Gasteiger partial charge in [0.25, 0.3) is 0 Å². The molecule has 0 unspecified atom stereocenters. The van der Waals surface area contributed by atoms with Crippen LogP contribution in [0, 0.1) is 6.92 Å². The Morgan fingerprint density at radius 1 is 1.25 bits per heavy atom. The molecule has 0 aliphatic heterocycles. The molecule has 106 valence electrons. The largest absolute Gasteiger partial charge is 0.465 e. The van der Waals surface area contributed by atoms with Crippen molar-refractivity contribution < 1.29 is 9.53 Å². The van der Waals surface area contributed by atoms with Crippen LogP contribution in [0.5, 0.6) is 0 Å². The number of carbonyl (C=O) groups excluding carboxylic acids is 1. The van der Waals surface area contributed by atoms with Gasteiger partial charge in [-0.05, 0) is 42.3 Å². The van der Waals surface area contributed by atoms with Crippen LogP contribution in [0.15, 0.2) is 34.8 Å². The molecule has 0 spiro atoms. The van der Waals surface area contributed by atoms with E-state index in [0.717, 1.165) is 21.4 Å². The molecular weight excluding hydrogens is 318 g/mol. The lowest BCUT2D eigenvalue weighted by Gasteiger charge is -2.16. The summed E-state index contributed by atoms with van der Waals surface area (Å²) in [7, 11) is 1.41. The molecule has 0 aliphatic carbocycles. The van der Waals surface area contributed by atoms with Crippen molar-refractivity contribution in [1.29, 1.82) is 0 Å². The van der Waals surface area contributed by atoms with E-state index >= 15 is 0 Å². The van der Waals surface area contributed by atoms with Crippen molar-refractivity contribution in [3.8, 4) is 11.3 Å². The molecule has 0 N–H and O–H groups in total. The lowest BCUT2D eigenvalue weighted by atomic mass is 10.1. The Balaban J connectivity index is 2.77. The van der Waals surface area contributed by atoms with E-state index in [2.05, 4.69) is 34.3 Å². The predicted octanol–water partition coefficient (Wildman–Crippen LogP) is 4.59. The quantitative estimate of drug-likeness (QED) is 0.768. The maximum Gasteiger partial charge on any atom is 0.340 e. The van der Waals surface area contributed by atoms with Crippen LogP contribution in [-0.2, 0) is 4.74 Å². The van der Waals surface area contributed by atoms with Gasteiger partial charge in [0.15, 0.2) is 0 Å². The number of nitrogens with zero attached hydrogens (tertiary/aromatic N) is 1. The average molecular weight is 336 g/mol. The zero-order valence-corrected chi connectivity index (χ0v) is 13.7. The third-order valence-electron chi connectivity index (χ3n) is 3.34. The van der Waals surface area contributed by atoms with Gasteiger partial charge in [0, 0.05) is 11.7 Å². The van der Waals surface area contributed by atoms with Gasteiger partial charge in [0.1, 0.15) is 0 Å². The molecule has 20 heavy (non-hydrogen) atoms. The van der Waals surface area contributed by atoms with Gasteiger partial charge in [-0.3, -0.25) is 0 Å². The van der Waals surface area contributed by atoms with E-state index in [9.17, 15) is 4.79 Å². The maximum atomic E-state index is 12.0. The highest BCUT2D eigenvalue weighted by atomic mass is 79.9. The monoisotopic (exact) mass is 335 g/mol. The van der Waals surface area contributed by atoms with E-state index < -0.39 is 0 Å². The van der Waals surface area contributed by atoms with Crippen molar-refractivity contribution in [1.82, 2.24) is 4.57 Å². The molecule has 0 saturated heterocycles. The van der Waals surface area contributed by atoms with Gasteiger partial charge in [-0.1, -0.05) is 30.3 Å². The lowest BCUT2D eigenvalue weighted by Crippen LogP contribution is -2.07. The second-order valence-corrected chi connectivity index (χ2v) is 5.74. The Morgan fingerprint density at radius 2 is 1.85 bits per heavy atom. The number of hydrogen-bond donors (Lipinski definition) is 0. The molecule has 0 amide bonds. The van der Waals surface area contributed by atoms with Crippen LogP contribution >= 0.6 is 15.9 Å². The van der Waals surface area contributed by atoms with Gasteiger partial charge in [0.2, 0.25) is 0 Å². The summed E-state index contributed by atoms with van der Waals surface area (Å²) in [6.45, 7) is 6.16. The molecule has 2 rings (SSSR count). The summed E-state index contributed by atoms with van der Waals surface area (Å²) < 4.78 is 7.85. The Kier molecular flexibility index (Phi) is 4.33. The Hall–Kier alpha value is -1.55. The highest BCUT2D eigenvalue weighted by Crippen LogP contribution is 2.38. The van der Waals surface area contributed by atoms with Crippen LogP contribution in [0.4, 0.5) is 0 Å². The number of benzene rings is 1.